The van der Waals surface area contributed by atoms with Crippen LogP contribution in [0.15, 0.2) is 20.9 Å². The van der Waals surface area contributed by atoms with E-state index in [0.29, 0.717) is 18.0 Å². The molecule has 1 saturated heterocycles. The molecule has 2 heterocycles. The van der Waals surface area contributed by atoms with Crippen LogP contribution in [0.1, 0.15) is 32.6 Å². The molecule has 23 heavy (non-hydrogen) atoms. The minimum atomic E-state index is 0. The van der Waals surface area contributed by atoms with Crippen LogP contribution in [0.4, 0.5) is 0 Å². The van der Waals surface area contributed by atoms with Crippen molar-refractivity contribution >= 4 is 57.2 Å². The molecule has 2 N–H and O–H groups in total. The molecule has 1 aromatic rings. The molecule has 7 heteroatoms. The maximum absolute atomic E-state index is 4.73. The van der Waals surface area contributed by atoms with Crippen molar-refractivity contribution < 1.29 is 0 Å². The van der Waals surface area contributed by atoms with Crippen LogP contribution in [0.2, 0.25) is 0 Å². The summed E-state index contributed by atoms with van der Waals surface area (Å²) < 4.78 is 1.14. The molecule has 0 aliphatic carbocycles. The Morgan fingerprint density at radius 1 is 1.48 bits per heavy atom. The zero-order valence-corrected chi connectivity index (χ0v) is 19.0. The Morgan fingerprint density at radius 2 is 2.22 bits per heavy atom. The molecular formula is C16H28BrIN4S. The van der Waals surface area contributed by atoms with Crippen LogP contribution in [0.5, 0.6) is 0 Å². The number of rotatable bonds is 5. The Kier molecular flexibility index (Phi) is 9.40. The van der Waals surface area contributed by atoms with Crippen molar-refractivity contribution in [2.24, 2.45) is 10.9 Å². The Balaban J connectivity index is 0.00000264. The molecule has 0 spiro atoms. The predicted octanol–water partition coefficient (Wildman–Crippen LogP) is 3.91. The lowest BCUT2D eigenvalue weighted by atomic mass is 10.1. The summed E-state index contributed by atoms with van der Waals surface area (Å²) in [6.07, 6.45) is 0. The van der Waals surface area contributed by atoms with Crippen molar-refractivity contribution in [3.05, 3.63) is 20.8 Å². The van der Waals surface area contributed by atoms with Gasteiger partial charge in [-0.3, -0.25) is 4.90 Å². The van der Waals surface area contributed by atoms with E-state index in [2.05, 4.69) is 70.6 Å². The molecule has 0 radical (unpaired) electrons. The SMILES string of the molecule is CCNC(=NCc1cc(Br)cs1)NC1CN(C(C)C)CC1C.I. The summed E-state index contributed by atoms with van der Waals surface area (Å²) >= 11 is 5.23. The number of thiophene rings is 1. The Bertz CT molecular complexity index is 506. The van der Waals surface area contributed by atoms with Gasteiger partial charge in [0.1, 0.15) is 0 Å². The van der Waals surface area contributed by atoms with Gasteiger partial charge in [-0.1, -0.05) is 6.92 Å². The van der Waals surface area contributed by atoms with Crippen molar-refractivity contribution in [2.45, 2.75) is 46.3 Å². The summed E-state index contributed by atoms with van der Waals surface area (Å²) in [7, 11) is 0. The third kappa shape index (κ3) is 6.51. The van der Waals surface area contributed by atoms with E-state index in [1.54, 1.807) is 11.3 Å². The van der Waals surface area contributed by atoms with Gasteiger partial charge in [0.15, 0.2) is 5.96 Å². The van der Waals surface area contributed by atoms with Crippen LogP contribution in [0.3, 0.4) is 0 Å². The Hall–Kier alpha value is 0.140. The summed E-state index contributed by atoms with van der Waals surface area (Å²) in [5.74, 6) is 1.57. The highest BCUT2D eigenvalue weighted by molar-refractivity contribution is 14.0. The quantitative estimate of drug-likeness (QED) is 0.355. The van der Waals surface area contributed by atoms with E-state index in [0.717, 1.165) is 36.6 Å². The fraction of sp³-hybridized carbons (Fsp3) is 0.688. The fourth-order valence-corrected chi connectivity index (χ4v) is 4.08. The molecule has 2 unspecified atom stereocenters. The van der Waals surface area contributed by atoms with Crippen molar-refractivity contribution in [1.82, 2.24) is 15.5 Å². The number of nitrogens with one attached hydrogen (secondary N) is 2. The van der Waals surface area contributed by atoms with E-state index in [1.807, 2.05) is 0 Å². The van der Waals surface area contributed by atoms with Gasteiger partial charge in [0.2, 0.25) is 0 Å². The number of hydrogen-bond acceptors (Lipinski definition) is 3. The van der Waals surface area contributed by atoms with Gasteiger partial charge in [0.05, 0.1) is 6.54 Å². The lowest BCUT2D eigenvalue weighted by Crippen LogP contribution is -2.46. The first kappa shape index (κ1) is 21.2. The first-order valence-electron chi connectivity index (χ1n) is 8.01. The minimum Gasteiger partial charge on any atom is -0.357 e. The molecule has 0 aromatic carbocycles. The number of aliphatic imine (C=N–C) groups is 1. The summed E-state index contributed by atoms with van der Waals surface area (Å²) in [5, 5.41) is 9.09. The van der Waals surface area contributed by atoms with E-state index in [9.17, 15) is 0 Å². The van der Waals surface area contributed by atoms with Gasteiger partial charge in [-0.15, -0.1) is 35.3 Å². The maximum Gasteiger partial charge on any atom is 0.191 e. The van der Waals surface area contributed by atoms with Crippen LogP contribution in [-0.4, -0.2) is 42.6 Å². The molecule has 1 aromatic heterocycles. The highest BCUT2D eigenvalue weighted by Crippen LogP contribution is 2.21. The average Bonchev–Trinajstić information content (AvgIpc) is 3.03. The molecule has 132 valence electrons. The lowest BCUT2D eigenvalue weighted by Gasteiger charge is -2.21. The van der Waals surface area contributed by atoms with E-state index in [1.165, 1.54) is 4.88 Å². The predicted molar refractivity (Wildman–Crippen MR) is 115 cm³/mol. The van der Waals surface area contributed by atoms with Gasteiger partial charge in [-0.2, -0.15) is 0 Å². The van der Waals surface area contributed by atoms with Crippen LogP contribution >= 0.6 is 51.2 Å². The number of likely N-dealkylation sites (tertiary alicyclic amines) is 1. The van der Waals surface area contributed by atoms with Crippen molar-refractivity contribution in [1.29, 1.82) is 0 Å². The fourth-order valence-electron chi connectivity index (χ4n) is 2.70. The Labute approximate surface area is 169 Å². The molecule has 2 atom stereocenters. The van der Waals surface area contributed by atoms with Crippen LogP contribution < -0.4 is 10.6 Å². The molecule has 1 fully saturated rings. The van der Waals surface area contributed by atoms with Crippen molar-refractivity contribution in [3.8, 4) is 0 Å². The monoisotopic (exact) mass is 514 g/mol. The van der Waals surface area contributed by atoms with Gasteiger partial charge in [0.25, 0.3) is 0 Å². The lowest BCUT2D eigenvalue weighted by molar-refractivity contribution is 0.265. The third-order valence-electron chi connectivity index (χ3n) is 4.05. The molecular weight excluding hydrogens is 487 g/mol. The second-order valence-electron chi connectivity index (χ2n) is 6.20. The number of nitrogens with zero attached hydrogens (tertiary/aromatic N) is 2. The molecule has 1 aliphatic rings. The Morgan fingerprint density at radius 3 is 2.74 bits per heavy atom. The van der Waals surface area contributed by atoms with Gasteiger partial charge in [-0.25, -0.2) is 4.99 Å². The van der Waals surface area contributed by atoms with Gasteiger partial charge in [0, 0.05) is 46.4 Å². The second-order valence-corrected chi connectivity index (χ2v) is 8.11. The van der Waals surface area contributed by atoms with Gasteiger partial charge in [-0.05, 0) is 48.7 Å². The summed E-state index contributed by atoms with van der Waals surface area (Å²) in [6.45, 7) is 12.8. The van der Waals surface area contributed by atoms with E-state index in [-0.39, 0.29) is 24.0 Å². The summed E-state index contributed by atoms with van der Waals surface area (Å²) in [6, 6.07) is 3.21. The van der Waals surface area contributed by atoms with Crippen LogP contribution in [0.25, 0.3) is 0 Å². The first-order valence-corrected chi connectivity index (χ1v) is 9.68. The molecule has 1 aliphatic heterocycles. The van der Waals surface area contributed by atoms with Gasteiger partial charge >= 0.3 is 0 Å². The molecule has 4 nitrogen and oxygen atoms in total. The van der Waals surface area contributed by atoms with E-state index >= 15 is 0 Å². The number of guanidine groups is 1. The smallest absolute Gasteiger partial charge is 0.191 e. The van der Waals surface area contributed by atoms with Crippen molar-refractivity contribution in [3.63, 3.8) is 0 Å². The average molecular weight is 515 g/mol. The molecule has 0 amide bonds. The number of halogens is 2. The maximum atomic E-state index is 4.73. The van der Waals surface area contributed by atoms with Gasteiger partial charge < -0.3 is 10.6 Å². The second kappa shape index (κ2) is 10.2. The zero-order chi connectivity index (χ0) is 16.1. The molecule has 0 bridgehead atoms. The molecule has 2 rings (SSSR count). The van der Waals surface area contributed by atoms with E-state index in [4.69, 9.17) is 4.99 Å². The van der Waals surface area contributed by atoms with E-state index < -0.39 is 0 Å². The normalized spacial score (nSPS) is 22.3. The van der Waals surface area contributed by atoms with Crippen LogP contribution in [-0.2, 0) is 6.54 Å². The molecule has 0 saturated carbocycles. The first-order chi connectivity index (χ1) is 10.5. The van der Waals surface area contributed by atoms with Crippen molar-refractivity contribution in [2.75, 3.05) is 19.6 Å². The van der Waals surface area contributed by atoms with Crippen LogP contribution in [0, 0.1) is 5.92 Å². The topological polar surface area (TPSA) is 39.7 Å². The highest BCUT2D eigenvalue weighted by Gasteiger charge is 2.31. The summed E-state index contributed by atoms with van der Waals surface area (Å²) in [5.41, 5.74) is 0. The third-order valence-corrected chi connectivity index (χ3v) is 5.73. The number of hydrogen-bond donors (Lipinski definition) is 2. The minimum absolute atomic E-state index is 0. The largest absolute Gasteiger partial charge is 0.357 e. The zero-order valence-electron chi connectivity index (χ0n) is 14.3. The summed E-state index contributed by atoms with van der Waals surface area (Å²) in [4.78, 5) is 8.53. The highest BCUT2D eigenvalue weighted by atomic mass is 127. The standard InChI is InChI=1S/C16H27BrN4S.HI/c1-5-18-16(19-7-14-6-13(17)10-22-14)20-15-9-21(11(2)3)8-12(15)4;/h6,10-12,15H,5,7-9H2,1-4H3,(H2,18,19,20);1H.